The molecule has 6 nitrogen and oxygen atoms in total. The van der Waals surface area contributed by atoms with Crippen molar-refractivity contribution in [3.05, 3.63) is 0 Å². The predicted molar refractivity (Wildman–Crippen MR) is 59.2 cm³/mol. The molecule has 4 N–H and O–H groups in total. The topological polar surface area (TPSA) is 96.9 Å². The summed E-state index contributed by atoms with van der Waals surface area (Å²) >= 11 is 0. The molecular weight excluding hydrogens is 210 g/mol. The second kappa shape index (κ2) is 5.69. The van der Waals surface area contributed by atoms with Gasteiger partial charge in [-0.25, -0.2) is 0 Å². The van der Waals surface area contributed by atoms with Crippen LogP contribution in [0.15, 0.2) is 5.16 Å². The van der Waals surface area contributed by atoms with Crippen LogP contribution in [0.2, 0.25) is 0 Å². The zero-order chi connectivity index (χ0) is 12.1. The van der Waals surface area contributed by atoms with Gasteiger partial charge in [0.05, 0.1) is 6.04 Å². The summed E-state index contributed by atoms with van der Waals surface area (Å²) in [7, 11) is 0. The molecule has 1 heterocycles. The highest BCUT2D eigenvalue weighted by Crippen LogP contribution is 2.20. The third kappa shape index (κ3) is 2.85. The fourth-order valence-electron chi connectivity index (χ4n) is 1.74. The molecular formula is C10H19N3O3. The molecule has 0 aliphatic carbocycles. The molecule has 0 spiro atoms. The molecule has 0 aromatic carbocycles. The minimum Gasteiger partial charge on any atom is -0.409 e. The van der Waals surface area contributed by atoms with E-state index in [2.05, 4.69) is 10.5 Å². The Morgan fingerprint density at radius 3 is 2.88 bits per heavy atom. The van der Waals surface area contributed by atoms with Crippen molar-refractivity contribution in [2.45, 2.75) is 38.8 Å². The van der Waals surface area contributed by atoms with Crippen LogP contribution in [0.3, 0.4) is 0 Å². The monoisotopic (exact) mass is 229 g/mol. The average Bonchev–Trinajstić information content (AvgIpc) is 2.71. The standard InChI is InChI=1S/C10H19N3O3/c1-3-7(9(11)13-15)12-10(14)8-6(2)4-5-16-8/h6-8,15H,3-5H2,1-2H3,(H2,11,13)(H,12,14). The smallest absolute Gasteiger partial charge is 0.249 e. The molecule has 0 saturated carbocycles. The van der Waals surface area contributed by atoms with Crippen LogP contribution in [0, 0.1) is 5.92 Å². The van der Waals surface area contributed by atoms with Crippen molar-refractivity contribution in [2.24, 2.45) is 16.8 Å². The van der Waals surface area contributed by atoms with Crippen molar-refractivity contribution in [3.63, 3.8) is 0 Å². The Balaban J connectivity index is 2.55. The third-order valence-electron chi connectivity index (χ3n) is 2.84. The van der Waals surface area contributed by atoms with Gasteiger partial charge < -0.3 is 21.0 Å². The minimum atomic E-state index is -0.436. The summed E-state index contributed by atoms with van der Waals surface area (Å²) in [6.45, 7) is 4.43. The van der Waals surface area contributed by atoms with Crippen LogP contribution in [-0.2, 0) is 9.53 Å². The second-order valence-electron chi connectivity index (χ2n) is 4.05. The lowest BCUT2D eigenvalue weighted by molar-refractivity contribution is -0.131. The van der Waals surface area contributed by atoms with Crippen LogP contribution in [0.4, 0.5) is 0 Å². The van der Waals surface area contributed by atoms with E-state index in [-0.39, 0.29) is 17.7 Å². The molecule has 1 rings (SSSR count). The lowest BCUT2D eigenvalue weighted by atomic mass is 10.0. The Hall–Kier alpha value is -1.30. The fourth-order valence-corrected chi connectivity index (χ4v) is 1.74. The summed E-state index contributed by atoms with van der Waals surface area (Å²) in [4.78, 5) is 11.8. The zero-order valence-corrected chi connectivity index (χ0v) is 9.64. The molecule has 16 heavy (non-hydrogen) atoms. The van der Waals surface area contributed by atoms with Crippen molar-refractivity contribution in [3.8, 4) is 0 Å². The van der Waals surface area contributed by atoms with Gasteiger partial charge in [-0.3, -0.25) is 4.79 Å². The van der Waals surface area contributed by atoms with Gasteiger partial charge in [0, 0.05) is 6.61 Å². The van der Waals surface area contributed by atoms with Gasteiger partial charge in [-0.2, -0.15) is 0 Å². The fraction of sp³-hybridized carbons (Fsp3) is 0.800. The lowest BCUT2D eigenvalue weighted by Gasteiger charge is -2.19. The average molecular weight is 229 g/mol. The zero-order valence-electron chi connectivity index (χ0n) is 9.64. The van der Waals surface area contributed by atoms with Crippen LogP contribution in [0.5, 0.6) is 0 Å². The summed E-state index contributed by atoms with van der Waals surface area (Å²) in [6.07, 6.45) is 1.04. The molecule has 0 radical (unpaired) electrons. The first-order chi connectivity index (χ1) is 7.60. The van der Waals surface area contributed by atoms with Crippen molar-refractivity contribution >= 4 is 11.7 Å². The lowest BCUT2D eigenvalue weighted by Crippen LogP contribution is -2.48. The van der Waals surface area contributed by atoms with Crippen molar-refractivity contribution in [1.82, 2.24) is 5.32 Å². The van der Waals surface area contributed by atoms with E-state index < -0.39 is 12.1 Å². The molecule has 1 aliphatic rings. The number of carbonyl (C=O) groups is 1. The first-order valence-electron chi connectivity index (χ1n) is 5.49. The van der Waals surface area contributed by atoms with Gasteiger partial charge in [-0.05, 0) is 18.8 Å². The Bertz CT molecular complexity index is 280. The molecule has 3 atom stereocenters. The summed E-state index contributed by atoms with van der Waals surface area (Å²) in [6, 6.07) is -0.436. The summed E-state index contributed by atoms with van der Waals surface area (Å²) < 4.78 is 5.33. The number of oxime groups is 1. The molecule has 1 fully saturated rings. The highest BCUT2D eigenvalue weighted by molar-refractivity contribution is 5.91. The summed E-state index contributed by atoms with van der Waals surface area (Å²) in [5, 5.41) is 14.2. The first-order valence-corrected chi connectivity index (χ1v) is 5.49. The van der Waals surface area contributed by atoms with Crippen LogP contribution in [-0.4, -0.2) is 35.7 Å². The Kier molecular flexibility index (Phi) is 4.54. The van der Waals surface area contributed by atoms with Gasteiger partial charge in [-0.1, -0.05) is 19.0 Å². The van der Waals surface area contributed by atoms with Crippen molar-refractivity contribution < 1.29 is 14.7 Å². The van der Waals surface area contributed by atoms with E-state index in [4.69, 9.17) is 15.7 Å². The van der Waals surface area contributed by atoms with E-state index in [0.29, 0.717) is 13.0 Å². The maximum Gasteiger partial charge on any atom is 0.249 e. The highest BCUT2D eigenvalue weighted by Gasteiger charge is 2.32. The molecule has 1 aliphatic heterocycles. The SMILES string of the molecule is CCC(NC(=O)C1OCCC1C)C(N)=NO. The molecule has 0 aromatic rings. The quantitative estimate of drug-likeness (QED) is 0.275. The number of rotatable bonds is 4. The van der Waals surface area contributed by atoms with E-state index in [1.54, 1.807) is 0 Å². The van der Waals surface area contributed by atoms with E-state index >= 15 is 0 Å². The maximum atomic E-state index is 11.8. The second-order valence-corrected chi connectivity index (χ2v) is 4.05. The van der Waals surface area contributed by atoms with Crippen molar-refractivity contribution in [1.29, 1.82) is 0 Å². The number of hydrogen-bond acceptors (Lipinski definition) is 4. The van der Waals surface area contributed by atoms with E-state index in [1.807, 2.05) is 13.8 Å². The Labute approximate surface area is 94.8 Å². The van der Waals surface area contributed by atoms with Crippen LogP contribution < -0.4 is 11.1 Å². The number of amidine groups is 1. The summed E-state index contributed by atoms with van der Waals surface area (Å²) in [5.41, 5.74) is 5.45. The number of amides is 1. The number of nitrogens with one attached hydrogen (secondary N) is 1. The van der Waals surface area contributed by atoms with E-state index in [1.165, 1.54) is 0 Å². The number of ether oxygens (including phenoxy) is 1. The Morgan fingerprint density at radius 2 is 2.44 bits per heavy atom. The molecule has 0 bridgehead atoms. The van der Waals surface area contributed by atoms with E-state index in [0.717, 1.165) is 6.42 Å². The minimum absolute atomic E-state index is 0.0153. The van der Waals surface area contributed by atoms with Gasteiger partial charge in [-0.15, -0.1) is 0 Å². The van der Waals surface area contributed by atoms with Gasteiger partial charge in [0.15, 0.2) is 5.84 Å². The van der Waals surface area contributed by atoms with Crippen LogP contribution in [0.1, 0.15) is 26.7 Å². The number of nitrogens with zero attached hydrogens (tertiary/aromatic N) is 1. The van der Waals surface area contributed by atoms with E-state index in [9.17, 15) is 4.79 Å². The molecule has 92 valence electrons. The van der Waals surface area contributed by atoms with Gasteiger partial charge in [0.1, 0.15) is 6.10 Å². The van der Waals surface area contributed by atoms with Crippen LogP contribution >= 0.6 is 0 Å². The Morgan fingerprint density at radius 1 is 1.75 bits per heavy atom. The molecule has 6 heteroatoms. The normalized spacial score (nSPS) is 27.8. The molecule has 3 unspecified atom stereocenters. The van der Waals surface area contributed by atoms with Gasteiger partial charge in [0.2, 0.25) is 5.91 Å². The largest absolute Gasteiger partial charge is 0.409 e. The van der Waals surface area contributed by atoms with Crippen molar-refractivity contribution in [2.75, 3.05) is 6.61 Å². The van der Waals surface area contributed by atoms with Gasteiger partial charge >= 0.3 is 0 Å². The molecule has 0 aromatic heterocycles. The summed E-state index contributed by atoms with van der Waals surface area (Å²) in [5.74, 6) is 0.0368. The molecule has 1 amide bonds. The highest BCUT2D eigenvalue weighted by atomic mass is 16.5. The molecule has 1 saturated heterocycles. The number of nitrogens with two attached hydrogens (primary N) is 1. The van der Waals surface area contributed by atoms with Gasteiger partial charge in [0.25, 0.3) is 0 Å². The predicted octanol–water partition coefficient (Wildman–Crippen LogP) is 0.0526. The number of hydrogen-bond donors (Lipinski definition) is 3. The van der Waals surface area contributed by atoms with Crippen LogP contribution in [0.25, 0.3) is 0 Å². The number of carbonyl (C=O) groups excluding carboxylic acids is 1. The maximum absolute atomic E-state index is 11.8. The first kappa shape index (κ1) is 12.8. The third-order valence-corrected chi connectivity index (χ3v) is 2.84.